The number of benzene rings is 1. The zero-order valence-corrected chi connectivity index (χ0v) is 12.6. The number of rotatable bonds is 4. The zero-order valence-electron chi connectivity index (χ0n) is 12.6. The molecule has 1 fully saturated rings. The Morgan fingerprint density at radius 1 is 1.14 bits per heavy atom. The number of ether oxygens (including phenoxy) is 1. The standard InChI is InChI=1S/C16H21FN2O3/c1-11(22-14-9-7-13(17)8-10-14)15(20)18-19-16(21)12-5-3-2-4-6-12/h7-12H,2-6H2,1H3,(H,18,20)(H,19,21). The average molecular weight is 308 g/mol. The van der Waals surface area contributed by atoms with Crippen LogP contribution >= 0.6 is 0 Å². The van der Waals surface area contributed by atoms with Gasteiger partial charge in [-0.2, -0.15) is 0 Å². The SMILES string of the molecule is CC(Oc1ccc(F)cc1)C(=O)NNC(=O)C1CCCCC1. The van der Waals surface area contributed by atoms with Crippen LogP contribution in [0.15, 0.2) is 24.3 Å². The number of amides is 2. The number of carbonyl (C=O) groups is 2. The van der Waals surface area contributed by atoms with Gasteiger partial charge in [-0.3, -0.25) is 20.4 Å². The zero-order chi connectivity index (χ0) is 15.9. The molecule has 2 N–H and O–H groups in total. The lowest BCUT2D eigenvalue weighted by molar-refractivity contribution is -0.134. The molecule has 0 saturated heterocycles. The van der Waals surface area contributed by atoms with Gasteiger partial charge in [0.1, 0.15) is 11.6 Å². The van der Waals surface area contributed by atoms with E-state index in [9.17, 15) is 14.0 Å². The van der Waals surface area contributed by atoms with E-state index >= 15 is 0 Å². The average Bonchev–Trinajstić information content (AvgIpc) is 2.55. The van der Waals surface area contributed by atoms with E-state index < -0.39 is 12.0 Å². The lowest BCUT2D eigenvalue weighted by Crippen LogP contribution is -2.49. The van der Waals surface area contributed by atoms with Gasteiger partial charge in [0.15, 0.2) is 6.10 Å². The normalized spacial score (nSPS) is 16.6. The molecule has 1 aromatic carbocycles. The van der Waals surface area contributed by atoms with Crippen molar-refractivity contribution < 1.29 is 18.7 Å². The Bertz CT molecular complexity index is 513. The molecule has 120 valence electrons. The molecule has 22 heavy (non-hydrogen) atoms. The minimum Gasteiger partial charge on any atom is -0.481 e. The maximum Gasteiger partial charge on any atom is 0.279 e. The fraction of sp³-hybridized carbons (Fsp3) is 0.500. The summed E-state index contributed by atoms with van der Waals surface area (Å²) < 4.78 is 18.2. The molecule has 0 bridgehead atoms. The second kappa shape index (κ2) is 7.77. The molecule has 1 saturated carbocycles. The molecule has 0 heterocycles. The molecule has 1 aliphatic rings. The Kier molecular flexibility index (Phi) is 5.75. The summed E-state index contributed by atoms with van der Waals surface area (Å²) in [7, 11) is 0. The first-order valence-electron chi connectivity index (χ1n) is 7.58. The Balaban J connectivity index is 1.76. The predicted octanol–water partition coefficient (Wildman–Crippen LogP) is 2.32. The van der Waals surface area contributed by atoms with Gasteiger partial charge in [-0.25, -0.2) is 4.39 Å². The van der Waals surface area contributed by atoms with E-state index in [4.69, 9.17) is 4.74 Å². The summed E-state index contributed by atoms with van der Waals surface area (Å²) in [5.74, 6) is -0.607. The van der Waals surface area contributed by atoms with E-state index in [2.05, 4.69) is 10.9 Å². The first kappa shape index (κ1) is 16.3. The molecule has 2 amide bonds. The van der Waals surface area contributed by atoms with Gasteiger partial charge in [0, 0.05) is 5.92 Å². The number of halogens is 1. The van der Waals surface area contributed by atoms with E-state index in [1.54, 1.807) is 6.92 Å². The van der Waals surface area contributed by atoms with Crippen molar-refractivity contribution >= 4 is 11.8 Å². The highest BCUT2D eigenvalue weighted by Gasteiger charge is 2.22. The van der Waals surface area contributed by atoms with Crippen molar-refractivity contribution in [3.05, 3.63) is 30.1 Å². The molecule has 1 unspecified atom stereocenters. The summed E-state index contributed by atoms with van der Waals surface area (Å²) in [6.45, 7) is 1.56. The third kappa shape index (κ3) is 4.72. The third-order valence-electron chi connectivity index (χ3n) is 3.78. The van der Waals surface area contributed by atoms with Crippen LogP contribution in [0.25, 0.3) is 0 Å². The Labute approximate surface area is 129 Å². The number of carbonyl (C=O) groups excluding carboxylic acids is 2. The maximum absolute atomic E-state index is 12.8. The minimum atomic E-state index is -0.794. The Morgan fingerprint density at radius 2 is 1.77 bits per heavy atom. The topological polar surface area (TPSA) is 67.4 Å². The van der Waals surface area contributed by atoms with Crippen molar-refractivity contribution in [3.8, 4) is 5.75 Å². The highest BCUT2D eigenvalue weighted by molar-refractivity contribution is 5.85. The van der Waals surface area contributed by atoms with Crippen molar-refractivity contribution in [2.45, 2.75) is 45.1 Å². The molecule has 5 nitrogen and oxygen atoms in total. The van der Waals surface area contributed by atoms with E-state index in [0.29, 0.717) is 5.75 Å². The summed E-state index contributed by atoms with van der Waals surface area (Å²) in [6.07, 6.45) is 4.20. The number of nitrogens with one attached hydrogen (secondary N) is 2. The molecule has 1 atom stereocenters. The van der Waals surface area contributed by atoms with Crippen LogP contribution in [-0.2, 0) is 9.59 Å². The van der Waals surface area contributed by atoms with Gasteiger partial charge in [0.2, 0.25) is 5.91 Å². The van der Waals surface area contributed by atoms with Crippen LogP contribution in [0.3, 0.4) is 0 Å². The van der Waals surface area contributed by atoms with Gasteiger partial charge in [-0.15, -0.1) is 0 Å². The van der Waals surface area contributed by atoms with Gasteiger partial charge in [-0.1, -0.05) is 19.3 Å². The predicted molar refractivity (Wildman–Crippen MR) is 79.4 cm³/mol. The molecule has 1 aromatic rings. The smallest absolute Gasteiger partial charge is 0.279 e. The lowest BCUT2D eigenvalue weighted by atomic mass is 9.89. The Hall–Kier alpha value is -2.11. The first-order valence-corrected chi connectivity index (χ1v) is 7.58. The summed E-state index contributed by atoms with van der Waals surface area (Å²) >= 11 is 0. The quantitative estimate of drug-likeness (QED) is 0.839. The first-order chi connectivity index (χ1) is 10.6. The molecular formula is C16H21FN2O3. The number of hydrogen-bond donors (Lipinski definition) is 2. The molecular weight excluding hydrogens is 287 g/mol. The van der Waals surface area contributed by atoms with Crippen molar-refractivity contribution in [1.29, 1.82) is 0 Å². The van der Waals surface area contributed by atoms with Crippen LogP contribution in [-0.4, -0.2) is 17.9 Å². The van der Waals surface area contributed by atoms with Crippen LogP contribution in [0.5, 0.6) is 5.75 Å². The van der Waals surface area contributed by atoms with Gasteiger partial charge in [-0.05, 0) is 44.0 Å². The maximum atomic E-state index is 12.8. The largest absolute Gasteiger partial charge is 0.481 e. The second-order valence-corrected chi connectivity index (χ2v) is 5.53. The van der Waals surface area contributed by atoms with E-state index in [1.807, 2.05) is 0 Å². The molecule has 1 aliphatic carbocycles. The van der Waals surface area contributed by atoms with Crippen LogP contribution < -0.4 is 15.6 Å². The molecule has 2 rings (SSSR count). The van der Waals surface area contributed by atoms with E-state index in [1.165, 1.54) is 30.7 Å². The van der Waals surface area contributed by atoms with Crippen molar-refractivity contribution in [2.75, 3.05) is 0 Å². The minimum absolute atomic E-state index is 0.0256. The molecule has 0 aromatic heterocycles. The molecule has 0 radical (unpaired) electrons. The van der Waals surface area contributed by atoms with Gasteiger partial charge >= 0.3 is 0 Å². The molecule has 6 heteroatoms. The summed E-state index contributed by atoms with van der Waals surface area (Å²) in [5.41, 5.74) is 4.82. The van der Waals surface area contributed by atoms with Crippen LogP contribution in [0, 0.1) is 11.7 Å². The van der Waals surface area contributed by atoms with Gasteiger partial charge in [0.05, 0.1) is 0 Å². The van der Waals surface area contributed by atoms with Crippen LogP contribution in [0.1, 0.15) is 39.0 Å². The third-order valence-corrected chi connectivity index (χ3v) is 3.78. The Morgan fingerprint density at radius 3 is 2.41 bits per heavy atom. The summed E-state index contributed by atoms with van der Waals surface area (Å²) in [5, 5.41) is 0. The van der Waals surface area contributed by atoms with Crippen LogP contribution in [0.2, 0.25) is 0 Å². The van der Waals surface area contributed by atoms with Crippen molar-refractivity contribution in [3.63, 3.8) is 0 Å². The summed E-state index contributed by atoms with van der Waals surface area (Å²) in [4.78, 5) is 23.8. The van der Waals surface area contributed by atoms with Crippen molar-refractivity contribution in [2.24, 2.45) is 5.92 Å². The lowest BCUT2D eigenvalue weighted by Gasteiger charge is -2.21. The number of hydrogen-bond acceptors (Lipinski definition) is 3. The highest BCUT2D eigenvalue weighted by atomic mass is 19.1. The monoisotopic (exact) mass is 308 g/mol. The molecule has 0 spiro atoms. The summed E-state index contributed by atoms with van der Waals surface area (Å²) in [6, 6.07) is 5.40. The van der Waals surface area contributed by atoms with Crippen molar-refractivity contribution in [1.82, 2.24) is 10.9 Å². The fourth-order valence-corrected chi connectivity index (χ4v) is 2.46. The second-order valence-electron chi connectivity index (χ2n) is 5.53. The van der Waals surface area contributed by atoms with Gasteiger partial charge < -0.3 is 4.74 Å². The van der Waals surface area contributed by atoms with E-state index in [0.717, 1.165) is 25.7 Å². The van der Waals surface area contributed by atoms with Crippen LogP contribution in [0.4, 0.5) is 4.39 Å². The van der Waals surface area contributed by atoms with Gasteiger partial charge in [0.25, 0.3) is 5.91 Å². The highest BCUT2D eigenvalue weighted by Crippen LogP contribution is 2.23. The van der Waals surface area contributed by atoms with E-state index in [-0.39, 0.29) is 17.6 Å². The molecule has 0 aliphatic heterocycles. The number of hydrazine groups is 1. The fourth-order valence-electron chi connectivity index (χ4n) is 2.46.